The number of aromatic amines is 1. The van der Waals surface area contributed by atoms with Crippen molar-refractivity contribution in [1.82, 2.24) is 20.0 Å². The summed E-state index contributed by atoms with van der Waals surface area (Å²) >= 11 is 5.86. The second-order valence-corrected chi connectivity index (χ2v) is 7.09. The molecule has 0 unspecified atom stereocenters. The minimum Gasteiger partial charge on any atom is -0.335 e. The Bertz CT molecular complexity index is 1170. The molecule has 1 aliphatic rings. The van der Waals surface area contributed by atoms with Gasteiger partial charge in [-0.1, -0.05) is 23.7 Å². The second-order valence-electron chi connectivity index (χ2n) is 6.66. The zero-order chi connectivity index (χ0) is 20.5. The first-order valence-corrected chi connectivity index (χ1v) is 9.34. The van der Waals surface area contributed by atoms with E-state index >= 15 is 0 Å². The lowest BCUT2D eigenvalue weighted by atomic mass is 10.1. The molecule has 1 N–H and O–H groups in total. The zero-order valence-electron chi connectivity index (χ0n) is 15.2. The van der Waals surface area contributed by atoms with E-state index in [0.29, 0.717) is 10.9 Å². The van der Waals surface area contributed by atoms with Gasteiger partial charge in [-0.2, -0.15) is 5.10 Å². The van der Waals surface area contributed by atoms with Crippen molar-refractivity contribution in [1.29, 1.82) is 0 Å². The first kappa shape index (κ1) is 19.1. The predicted octanol–water partition coefficient (Wildman–Crippen LogP) is 2.31. The quantitative estimate of drug-likeness (QED) is 0.697. The fraction of sp³-hybridized carbons (Fsp3) is 0.200. The second kappa shape index (κ2) is 7.63. The number of hydrogen-bond acceptors (Lipinski definition) is 4. The summed E-state index contributed by atoms with van der Waals surface area (Å²) < 4.78 is 14.0. The molecule has 4 rings (SSSR count). The molecule has 0 atom stereocenters. The number of H-pyrrole nitrogens is 1. The molecule has 2 amide bonds. The smallest absolute Gasteiger partial charge is 0.278 e. The molecule has 2 aromatic carbocycles. The van der Waals surface area contributed by atoms with Crippen LogP contribution in [0.1, 0.15) is 20.8 Å². The molecule has 1 aromatic heterocycles. The molecule has 148 valence electrons. The van der Waals surface area contributed by atoms with Gasteiger partial charge in [0.15, 0.2) is 5.69 Å². The summed E-state index contributed by atoms with van der Waals surface area (Å²) in [6.07, 6.45) is 0. The molecule has 0 spiro atoms. The number of piperazine rings is 1. The van der Waals surface area contributed by atoms with Crippen LogP contribution in [0.15, 0.2) is 47.3 Å². The van der Waals surface area contributed by atoms with Crippen molar-refractivity contribution in [2.45, 2.75) is 0 Å². The van der Waals surface area contributed by atoms with Crippen LogP contribution in [0, 0.1) is 5.82 Å². The van der Waals surface area contributed by atoms with E-state index in [1.165, 1.54) is 21.9 Å². The van der Waals surface area contributed by atoms with Gasteiger partial charge in [0.2, 0.25) is 5.43 Å². The number of rotatable bonds is 2. The number of aromatic nitrogens is 2. The lowest BCUT2D eigenvalue weighted by molar-refractivity contribution is 0.0528. The van der Waals surface area contributed by atoms with Gasteiger partial charge in [-0.25, -0.2) is 4.39 Å². The Morgan fingerprint density at radius 1 is 1.00 bits per heavy atom. The zero-order valence-corrected chi connectivity index (χ0v) is 15.9. The SMILES string of the molecule is O=C(c1cc(Cl)ccc1F)N1CCN(C(=O)c2n[nH]c3ccccc3c2=O)CC1. The largest absolute Gasteiger partial charge is 0.335 e. The normalized spacial score (nSPS) is 14.3. The number of hydrogen-bond donors (Lipinski definition) is 1. The highest BCUT2D eigenvalue weighted by atomic mass is 35.5. The van der Waals surface area contributed by atoms with Crippen LogP contribution >= 0.6 is 11.6 Å². The fourth-order valence-corrected chi connectivity index (χ4v) is 3.48. The number of nitrogens with one attached hydrogen (secondary N) is 1. The highest BCUT2D eigenvalue weighted by Gasteiger charge is 2.29. The first-order chi connectivity index (χ1) is 14.0. The molecule has 9 heteroatoms. The van der Waals surface area contributed by atoms with E-state index in [4.69, 9.17) is 11.6 Å². The van der Waals surface area contributed by atoms with E-state index < -0.39 is 23.1 Å². The molecule has 1 fully saturated rings. The summed E-state index contributed by atoms with van der Waals surface area (Å²) in [5.41, 5.74) is -0.189. The van der Waals surface area contributed by atoms with Crippen LogP contribution in [0.3, 0.4) is 0 Å². The summed E-state index contributed by atoms with van der Waals surface area (Å²) in [4.78, 5) is 40.9. The molecular formula is C20H16ClFN4O3. The number of nitrogens with zero attached hydrogens (tertiary/aromatic N) is 3. The van der Waals surface area contributed by atoms with Gasteiger partial charge >= 0.3 is 0 Å². The summed E-state index contributed by atoms with van der Waals surface area (Å²) in [7, 11) is 0. The summed E-state index contributed by atoms with van der Waals surface area (Å²) in [6, 6.07) is 10.6. The van der Waals surface area contributed by atoms with Crippen LogP contribution in [0.2, 0.25) is 5.02 Å². The number of amides is 2. The summed E-state index contributed by atoms with van der Waals surface area (Å²) in [6.45, 7) is 0.839. The van der Waals surface area contributed by atoms with Gasteiger partial charge < -0.3 is 9.80 Å². The third-order valence-corrected chi connectivity index (χ3v) is 5.13. The van der Waals surface area contributed by atoms with Gasteiger partial charge in [0.1, 0.15) is 5.82 Å². The van der Waals surface area contributed by atoms with Crippen LogP contribution in [0.5, 0.6) is 0 Å². The van der Waals surface area contributed by atoms with Gasteiger partial charge in [0.25, 0.3) is 11.8 Å². The standard InChI is InChI=1S/C20H16ClFN4O3/c21-12-5-6-15(22)14(11-12)19(28)25-7-9-26(10-8-25)20(29)17-18(27)13-3-1-2-4-16(13)23-24-17/h1-6,11H,7-10H2,(H,23,27). The van der Waals surface area contributed by atoms with E-state index in [-0.39, 0.29) is 42.5 Å². The number of benzene rings is 2. The maximum Gasteiger partial charge on any atom is 0.278 e. The Hall–Kier alpha value is -3.26. The third-order valence-electron chi connectivity index (χ3n) is 4.89. The number of para-hydroxylation sites is 1. The van der Waals surface area contributed by atoms with Crippen molar-refractivity contribution in [3.8, 4) is 0 Å². The van der Waals surface area contributed by atoms with Crippen molar-refractivity contribution in [2.75, 3.05) is 26.2 Å². The van der Waals surface area contributed by atoms with Gasteiger partial charge in [0.05, 0.1) is 11.1 Å². The molecule has 0 bridgehead atoms. The molecular weight excluding hydrogens is 399 g/mol. The summed E-state index contributed by atoms with van der Waals surface area (Å²) in [5.74, 6) is -1.64. The third kappa shape index (κ3) is 3.58. The average molecular weight is 415 g/mol. The van der Waals surface area contributed by atoms with E-state index in [0.717, 1.165) is 6.07 Å². The lowest BCUT2D eigenvalue weighted by Gasteiger charge is -2.34. The van der Waals surface area contributed by atoms with E-state index in [1.54, 1.807) is 24.3 Å². The van der Waals surface area contributed by atoms with Gasteiger partial charge in [-0.15, -0.1) is 0 Å². The molecule has 2 heterocycles. The van der Waals surface area contributed by atoms with Gasteiger partial charge in [0, 0.05) is 36.6 Å². The molecule has 29 heavy (non-hydrogen) atoms. The molecule has 3 aromatic rings. The monoisotopic (exact) mass is 414 g/mol. The minimum atomic E-state index is -0.648. The molecule has 7 nitrogen and oxygen atoms in total. The van der Waals surface area contributed by atoms with Crippen LogP contribution in [0.4, 0.5) is 4.39 Å². The molecule has 0 saturated carbocycles. The van der Waals surface area contributed by atoms with Gasteiger partial charge in [-0.3, -0.25) is 19.5 Å². The van der Waals surface area contributed by atoms with Crippen molar-refractivity contribution in [3.63, 3.8) is 0 Å². The molecule has 1 saturated heterocycles. The Labute approximate surface area is 169 Å². The van der Waals surface area contributed by atoms with Crippen molar-refractivity contribution in [3.05, 3.63) is 74.8 Å². The van der Waals surface area contributed by atoms with Crippen molar-refractivity contribution < 1.29 is 14.0 Å². The highest BCUT2D eigenvalue weighted by Crippen LogP contribution is 2.18. The van der Waals surface area contributed by atoms with Crippen LogP contribution in [-0.2, 0) is 0 Å². The number of fused-ring (bicyclic) bond motifs is 1. The van der Waals surface area contributed by atoms with Crippen LogP contribution in [0.25, 0.3) is 10.9 Å². The van der Waals surface area contributed by atoms with Crippen LogP contribution in [-0.4, -0.2) is 58.0 Å². The Morgan fingerprint density at radius 3 is 2.38 bits per heavy atom. The molecule has 0 radical (unpaired) electrons. The molecule has 1 aliphatic heterocycles. The van der Waals surface area contributed by atoms with Crippen LogP contribution < -0.4 is 5.43 Å². The van der Waals surface area contributed by atoms with Gasteiger partial charge in [-0.05, 0) is 30.3 Å². The van der Waals surface area contributed by atoms with Crippen molar-refractivity contribution in [2.24, 2.45) is 0 Å². The van der Waals surface area contributed by atoms with E-state index in [1.807, 2.05) is 0 Å². The van der Waals surface area contributed by atoms with Crippen molar-refractivity contribution >= 4 is 34.3 Å². The van der Waals surface area contributed by atoms with E-state index in [9.17, 15) is 18.8 Å². The Morgan fingerprint density at radius 2 is 1.66 bits per heavy atom. The molecule has 0 aliphatic carbocycles. The Kier molecular flexibility index (Phi) is 5.02. The number of carbonyl (C=O) groups excluding carboxylic acids is 2. The minimum absolute atomic E-state index is 0.107. The predicted molar refractivity (Wildman–Crippen MR) is 106 cm³/mol. The topological polar surface area (TPSA) is 86.4 Å². The average Bonchev–Trinajstić information content (AvgIpc) is 2.75. The highest BCUT2D eigenvalue weighted by molar-refractivity contribution is 6.31. The van der Waals surface area contributed by atoms with E-state index in [2.05, 4.69) is 10.2 Å². The number of halogens is 2. The Balaban J connectivity index is 1.49. The first-order valence-electron chi connectivity index (χ1n) is 8.97. The lowest BCUT2D eigenvalue weighted by Crippen LogP contribution is -2.51. The number of carbonyl (C=O) groups is 2. The summed E-state index contributed by atoms with van der Waals surface area (Å²) in [5, 5.41) is 7.31. The fourth-order valence-electron chi connectivity index (χ4n) is 3.31. The maximum absolute atomic E-state index is 14.0. The maximum atomic E-state index is 14.0.